The standard InChI is InChI=1S/C11H14ClNO3S/c1-3-13(6-7(2)11(15)16)10(14)8-4-5-9(12)17-8/h4-5,7H,3,6H2,1-2H3,(H,15,16). The molecule has 0 saturated carbocycles. The number of halogens is 1. The minimum Gasteiger partial charge on any atom is -0.481 e. The molecule has 94 valence electrons. The number of thiophene rings is 1. The van der Waals surface area contributed by atoms with Gasteiger partial charge in [-0.2, -0.15) is 0 Å². The number of rotatable bonds is 5. The van der Waals surface area contributed by atoms with Crippen LogP contribution in [0.5, 0.6) is 0 Å². The van der Waals surface area contributed by atoms with Crippen LogP contribution in [-0.2, 0) is 4.79 Å². The SMILES string of the molecule is CCN(CC(C)C(=O)O)C(=O)c1ccc(Cl)s1. The van der Waals surface area contributed by atoms with Gasteiger partial charge in [-0.3, -0.25) is 9.59 Å². The van der Waals surface area contributed by atoms with E-state index in [1.54, 1.807) is 19.1 Å². The van der Waals surface area contributed by atoms with E-state index in [1.165, 1.54) is 16.2 Å². The van der Waals surface area contributed by atoms with E-state index in [9.17, 15) is 9.59 Å². The molecule has 1 atom stereocenters. The van der Waals surface area contributed by atoms with Gasteiger partial charge in [-0.05, 0) is 19.1 Å². The summed E-state index contributed by atoms with van der Waals surface area (Å²) in [6.07, 6.45) is 0. The van der Waals surface area contributed by atoms with E-state index in [4.69, 9.17) is 16.7 Å². The van der Waals surface area contributed by atoms with Gasteiger partial charge in [0.1, 0.15) is 0 Å². The van der Waals surface area contributed by atoms with Gasteiger partial charge in [0.05, 0.1) is 15.1 Å². The first-order valence-corrected chi connectivity index (χ1v) is 6.42. The monoisotopic (exact) mass is 275 g/mol. The molecular weight excluding hydrogens is 262 g/mol. The summed E-state index contributed by atoms with van der Waals surface area (Å²) >= 11 is 6.96. The molecule has 0 aliphatic heterocycles. The smallest absolute Gasteiger partial charge is 0.308 e. The van der Waals surface area contributed by atoms with Gasteiger partial charge in [0.15, 0.2) is 0 Å². The van der Waals surface area contributed by atoms with Crippen LogP contribution in [0.3, 0.4) is 0 Å². The molecule has 6 heteroatoms. The maximum atomic E-state index is 12.0. The molecule has 1 aromatic heterocycles. The average Bonchev–Trinajstić information content (AvgIpc) is 2.71. The Morgan fingerprint density at radius 3 is 2.59 bits per heavy atom. The first-order chi connectivity index (χ1) is 7.95. The summed E-state index contributed by atoms with van der Waals surface area (Å²) in [5, 5.41) is 8.83. The van der Waals surface area contributed by atoms with Crippen LogP contribution < -0.4 is 0 Å². The van der Waals surface area contributed by atoms with E-state index in [-0.39, 0.29) is 12.5 Å². The quantitative estimate of drug-likeness (QED) is 0.899. The van der Waals surface area contributed by atoms with Gasteiger partial charge in [-0.15, -0.1) is 11.3 Å². The summed E-state index contributed by atoms with van der Waals surface area (Å²) in [6.45, 7) is 4.09. The highest BCUT2D eigenvalue weighted by molar-refractivity contribution is 7.17. The first-order valence-electron chi connectivity index (χ1n) is 5.23. The molecule has 1 heterocycles. The molecule has 0 aliphatic rings. The van der Waals surface area contributed by atoms with Gasteiger partial charge in [-0.25, -0.2) is 0 Å². The summed E-state index contributed by atoms with van der Waals surface area (Å²) in [5.74, 6) is -1.65. The molecule has 17 heavy (non-hydrogen) atoms. The van der Waals surface area contributed by atoms with E-state index in [0.717, 1.165) is 0 Å². The van der Waals surface area contributed by atoms with Crippen LogP contribution in [0.1, 0.15) is 23.5 Å². The van der Waals surface area contributed by atoms with Crippen LogP contribution in [0.2, 0.25) is 4.34 Å². The van der Waals surface area contributed by atoms with Crippen molar-refractivity contribution in [3.05, 3.63) is 21.3 Å². The fourth-order valence-corrected chi connectivity index (χ4v) is 2.36. The maximum absolute atomic E-state index is 12.0. The van der Waals surface area contributed by atoms with Crippen molar-refractivity contribution in [2.75, 3.05) is 13.1 Å². The van der Waals surface area contributed by atoms with Crippen LogP contribution in [0.4, 0.5) is 0 Å². The molecule has 1 unspecified atom stereocenters. The first kappa shape index (κ1) is 14.0. The molecule has 0 aromatic carbocycles. The molecular formula is C11H14ClNO3S. The number of aliphatic carboxylic acids is 1. The lowest BCUT2D eigenvalue weighted by Crippen LogP contribution is -2.36. The van der Waals surface area contributed by atoms with Crippen molar-refractivity contribution in [2.45, 2.75) is 13.8 Å². The molecule has 4 nitrogen and oxygen atoms in total. The zero-order valence-electron chi connectivity index (χ0n) is 9.64. The fourth-order valence-electron chi connectivity index (χ4n) is 1.35. The largest absolute Gasteiger partial charge is 0.481 e. The molecule has 0 bridgehead atoms. The van der Waals surface area contributed by atoms with Crippen molar-refractivity contribution in [1.82, 2.24) is 4.90 Å². The van der Waals surface area contributed by atoms with Gasteiger partial charge < -0.3 is 10.0 Å². The molecule has 1 amide bonds. The van der Waals surface area contributed by atoms with Crippen LogP contribution >= 0.6 is 22.9 Å². The van der Waals surface area contributed by atoms with Crippen molar-refractivity contribution in [3.8, 4) is 0 Å². The molecule has 0 saturated heterocycles. The Morgan fingerprint density at radius 2 is 2.18 bits per heavy atom. The van der Waals surface area contributed by atoms with E-state index in [1.807, 2.05) is 6.92 Å². The van der Waals surface area contributed by atoms with Gasteiger partial charge in [0, 0.05) is 13.1 Å². The van der Waals surface area contributed by atoms with Gasteiger partial charge in [0.25, 0.3) is 5.91 Å². The Morgan fingerprint density at radius 1 is 1.53 bits per heavy atom. The Balaban J connectivity index is 2.74. The summed E-state index contributed by atoms with van der Waals surface area (Å²) in [5.41, 5.74) is 0. The molecule has 1 rings (SSSR count). The number of hydrogen-bond donors (Lipinski definition) is 1. The molecule has 1 aromatic rings. The zero-order valence-corrected chi connectivity index (χ0v) is 11.2. The lowest BCUT2D eigenvalue weighted by molar-refractivity contribution is -0.141. The highest BCUT2D eigenvalue weighted by Crippen LogP contribution is 2.23. The molecule has 0 aliphatic carbocycles. The topological polar surface area (TPSA) is 57.6 Å². The number of carboxylic acids is 1. The van der Waals surface area contributed by atoms with Gasteiger partial charge in [-0.1, -0.05) is 18.5 Å². The van der Waals surface area contributed by atoms with E-state index in [0.29, 0.717) is 15.8 Å². The second kappa shape index (κ2) is 6.02. The average molecular weight is 276 g/mol. The third-order valence-corrected chi connectivity index (χ3v) is 3.59. The van der Waals surface area contributed by atoms with E-state index < -0.39 is 11.9 Å². The minimum absolute atomic E-state index is 0.169. The van der Waals surface area contributed by atoms with Crippen LogP contribution in [0, 0.1) is 5.92 Å². The van der Waals surface area contributed by atoms with Crippen molar-refractivity contribution in [3.63, 3.8) is 0 Å². The highest BCUT2D eigenvalue weighted by Gasteiger charge is 2.21. The zero-order chi connectivity index (χ0) is 13.0. The van der Waals surface area contributed by atoms with Crippen molar-refractivity contribution < 1.29 is 14.7 Å². The normalized spacial score (nSPS) is 12.2. The number of hydrogen-bond acceptors (Lipinski definition) is 3. The number of nitrogens with zero attached hydrogens (tertiary/aromatic N) is 1. The Hall–Kier alpha value is -1.07. The third kappa shape index (κ3) is 3.71. The predicted molar refractivity (Wildman–Crippen MR) is 67.7 cm³/mol. The Kier molecular flexibility index (Phi) is 4.96. The fraction of sp³-hybridized carbons (Fsp3) is 0.455. The summed E-state index contributed by atoms with van der Waals surface area (Å²) in [7, 11) is 0. The van der Waals surface area contributed by atoms with Crippen molar-refractivity contribution in [1.29, 1.82) is 0 Å². The molecule has 0 fully saturated rings. The third-order valence-electron chi connectivity index (χ3n) is 2.37. The number of amides is 1. The highest BCUT2D eigenvalue weighted by atomic mass is 35.5. The van der Waals surface area contributed by atoms with Crippen LogP contribution in [0.15, 0.2) is 12.1 Å². The maximum Gasteiger partial charge on any atom is 0.308 e. The van der Waals surface area contributed by atoms with E-state index >= 15 is 0 Å². The lowest BCUT2D eigenvalue weighted by Gasteiger charge is -2.22. The number of carbonyl (C=O) groups excluding carboxylic acids is 1. The molecule has 0 spiro atoms. The number of carboxylic acid groups (broad SMARTS) is 1. The van der Waals surface area contributed by atoms with Crippen molar-refractivity contribution >= 4 is 34.8 Å². The molecule has 1 N–H and O–H groups in total. The lowest BCUT2D eigenvalue weighted by atomic mass is 10.1. The van der Waals surface area contributed by atoms with Crippen LogP contribution in [0.25, 0.3) is 0 Å². The second-order valence-electron chi connectivity index (χ2n) is 3.69. The van der Waals surface area contributed by atoms with Crippen LogP contribution in [-0.4, -0.2) is 35.0 Å². The minimum atomic E-state index is -0.902. The Labute approximate surface area is 109 Å². The predicted octanol–water partition coefficient (Wildman–Crippen LogP) is 2.58. The Bertz CT molecular complexity index is 419. The summed E-state index contributed by atoms with van der Waals surface area (Å²) in [4.78, 5) is 24.8. The summed E-state index contributed by atoms with van der Waals surface area (Å²) in [6, 6.07) is 3.32. The number of carbonyl (C=O) groups is 2. The van der Waals surface area contributed by atoms with E-state index in [2.05, 4.69) is 0 Å². The molecule has 0 radical (unpaired) electrons. The summed E-state index contributed by atoms with van der Waals surface area (Å²) < 4.78 is 0.552. The van der Waals surface area contributed by atoms with Gasteiger partial charge in [0.2, 0.25) is 0 Å². The second-order valence-corrected chi connectivity index (χ2v) is 5.40. The van der Waals surface area contributed by atoms with Gasteiger partial charge >= 0.3 is 5.97 Å². The van der Waals surface area contributed by atoms with Crippen molar-refractivity contribution in [2.24, 2.45) is 5.92 Å².